The molecule has 0 aliphatic rings. The minimum atomic E-state index is 0.503. The molecular weight excluding hydrogens is 298 g/mol. The molecule has 0 unspecified atom stereocenters. The lowest BCUT2D eigenvalue weighted by molar-refractivity contribution is -0.665. The van der Waals surface area contributed by atoms with Gasteiger partial charge in [-0.05, 0) is 11.1 Å². The number of aromatic nitrogens is 4. The zero-order valence-electron chi connectivity index (χ0n) is 13.2. The molecule has 24 heavy (non-hydrogen) atoms. The van der Waals surface area contributed by atoms with Crippen LogP contribution in [0.25, 0.3) is 11.2 Å². The molecule has 0 saturated carbocycles. The van der Waals surface area contributed by atoms with Crippen LogP contribution in [0.15, 0.2) is 73.3 Å². The quantitative estimate of drug-likeness (QED) is 0.588. The highest BCUT2D eigenvalue weighted by Crippen LogP contribution is 2.16. The topological polar surface area (TPSA) is 60.6 Å². The molecule has 4 rings (SSSR count). The van der Waals surface area contributed by atoms with E-state index >= 15 is 0 Å². The van der Waals surface area contributed by atoms with Crippen molar-refractivity contribution < 1.29 is 4.57 Å². The van der Waals surface area contributed by atoms with Crippen molar-refractivity contribution in [1.82, 2.24) is 14.5 Å². The third-order valence-electron chi connectivity index (χ3n) is 4.06. The molecule has 0 radical (unpaired) electrons. The first-order valence-corrected chi connectivity index (χ1v) is 7.88. The van der Waals surface area contributed by atoms with E-state index in [0.29, 0.717) is 5.82 Å². The SMILES string of the molecule is Nc1ncnc2c1n(Cc1ccccc1)c[n+]2Cc1ccccc1. The summed E-state index contributed by atoms with van der Waals surface area (Å²) in [4.78, 5) is 8.61. The van der Waals surface area contributed by atoms with E-state index in [1.165, 1.54) is 17.5 Å². The van der Waals surface area contributed by atoms with E-state index in [9.17, 15) is 0 Å². The molecule has 0 amide bonds. The van der Waals surface area contributed by atoms with Gasteiger partial charge >= 0.3 is 5.65 Å². The average Bonchev–Trinajstić information content (AvgIpc) is 2.95. The maximum atomic E-state index is 6.13. The molecule has 4 aromatic rings. The summed E-state index contributed by atoms with van der Waals surface area (Å²) in [6, 6.07) is 20.6. The smallest absolute Gasteiger partial charge is 0.307 e. The molecule has 2 aromatic heterocycles. The fourth-order valence-electron chi connectivity index (χ4n) is 2.94. The predicted octanol–water partition coefficient (Wildman–Crippen LogP) is 2.40. The van der Waals surface area contributed by atoms with E-state index in [1.54, 1.807) is 0 Å². The Morgan fingerprint density at radius 2 is 1.54 bits per heavy atom. The van der Waals surface area contributed by atoms with Crippen LogP contribution < -0.4 is 10.3 Å². The molecule has 0 aliphatic carbocycles. The molecule has 118 valence electrons. The Balaban J connectivity index is 1.79. The number of anilines is 1. The zero-order chi connectivity index (χ0) is 16.4. The number of imidazole rings is 1. The molecule has 5 heteroatoms. The van der Waals surface area contributed by atoms with Crippen LogP contribution in [0, 0.1) is 0 Å². The first kappa shape index (κ1) is 14.4. The molecule has 5 nitrogen and oxygen atoms in total. The molecule has 2 aromatic carbocycles. The molecule has 2 heterocycles. The summed E-state index contributed by atoms with van der Waals surface area (Å²) in [5.41, 5.74) is 10.3. The van der Waals surface area contributed by atoms with Crippen molar-refractivity contribution in [3.63, 3.8) is 0 Å². The number of hydrogen-bond acceptors (Lipinski definition) is 3. The molecule has 0 saturated heterocycles. The monoisotopic (exact) mass is 316 g/mol. The normalized spacial score (nSPS) is 11.0. The van der Waals surface area contributed by atoms with E-state index in [2.05, 4.69) is 49.7 Å². The van der Waals surface area contributed by atoms with Gasteiger partial charge in [0.2, 0.25) is 5.52 Å². The van der Waals surface area contributed by atoms with E-state index in [-0.39, 0.29) is 0 Å². The fourth-order valence-corrected chi connectivity index (χ4v) is 2.94. The summed E-state index contributed by atoms with van der Waals surface area (Å²) in [5.74, 6) is 0.503. The highest BCUT2D eigenvalue weighted by molar-refractivity contribution is 5.79. The van der Waals surface area contributed by atoms with Gasteiger partial charge < -0.3 is 5.73 Å². The number of nitrogens with two attached hydrogens (primary N) is 1. The third-order valence-corrected chi connectivity index (χ3v) is 4.06. The van der Waals surface area contributed by atoms with Crippen LogP contribution in [0.4, 0.5) is 5.82 Å². The lowest BCUT2D eigenvalue weighted by atomic mass is 10.2. The molecule has 2 N–H and O–H groups in total. The van der Waals surface area contributed by atoms with Gasteiger partial charge in [0.05, 0.1) is 13.1 Å². The van der Waals surface area contributed by atoms with Gasteiger partial charge in [0.1, 0.15) is 0 Å². The number of nitrogens with zero attached hydrogens (tertiary/aromatic N) is 4. The Kier molecular flexibility index (Phi) is 3.67. The third kappa shape index (κ3) is 2.72. The van der Waals surface area contributed by atoms with Crippen molar-refractivity contribution in [3.8, 4) is 0 Å². The van der Waals surface area contributed by atoms with E-state index in [0.717, 1.165) is 24.3 Å². The van der Waals surface area contributed by atoms with Gasteiger partial charge in [-0.15, -0.1) is 0 Å². The summed E-state index contributed by atoms with van der Waals surface area (Å²) < 4.78 is 4.23. The van der Waals surface area contributed by atoms with E-state index in [4.69, 9.17) is 5.73 Å². The largest absolute Gasteiger partial charge is 0.380 e. The molecule has 0 bridgehead atoms. The van der Waals surface area contributed by atoms with E-state index < -0.39 is 0 Å². The maximum absolute atomic E-state index is 6.13. The molecule has 0 aliphatic heterocycles. The van der Waals surface area contributed by atoms with Crippen molar-refractivity contribution in [2.75, 3.05) is 5.73 Å². The van der Waals surface area contributed by atoms with Crippen molar-refractivity contribution in [3.05, 3.63) is 84.4 Å². The van der Waals surface area contributed by atoms with Crippen molar-refractivity contribution in [2.24, 2.45) is 0 Å². The molecule has 0 fully saturated rings. The van der Waals surface area contributed by atoms with E-state index in [1.807, 2.05) is 36.4 Å². The second kappa shape index (κ2) is 6.12. The lowest BCUT2D eigenvalue weighted by Gasteiger charge is -2.00. The molecule has 0 atom stereocenters. The predicted molar refractivity (Wildman–Crippen MR) is 93.2 cm³/mol. The summed E-state index contributed by atoms with van der Waals surface area (Å²) in [6.07, 6.45) is 3.59. The molecular formula is C19H18N5+. The summed E-state index contributed by atoms with van der Waals surface area (Å²) in [6.45, 7) is 1.48. The first-order valence-electron chi connectivity index (χ1n) is 7.88. The van der Waals surface area contributed by atoms with Gasteiger partial charge in [0, 0.05) is 0 Å². The number of benzene rings is 2. The van der Waals surface area contributed by atoms with Crippen LogP contribution in [0.2, 0.25) is 0 Å². The van der Waals surface area contributed by atoms with Crippen molar-refractivity contribution in [2.45, 2.75) is 13.1 Å². The minimum absolute atomic E-state index is 0.503. The Morgan fingerprint density at radius 1 is 0.875 bits per heavy atom. The van der Waals surface area contributed by atoms with Crippen molar-refractivity contribution >= 4 is 17.0 Å². The van der Waals surface area contributed by atoms with Crippen LogP contribution in [0.5, 0.6) is 0 Å². The number of fused-ring (bicyclic) bond motifs is 1. The Bertz CT molecular complexity index is 961. The highest BCUT2D eigenvalue weighted by atomic mass is 15.2. The van der Waals surface area contributed by atoms with Crippen LogP contribution in [-0.2, 0) is 13.1 Å². The minimum Gasteiger partial charge on any atom is -0.380 e. The standard InChI is InChI=1S/C19H18N5/c20-18-17-19(22-13-21-18)24(12-16-9-5-2-6-10-16)14-23(17)11-15-7-3-1-4-8-15/h1-10,13-14H,11-12H2,(H2,20,21,22)/q+1. The Morgan fingerprint density at radius 3 is 2.25 bits per heavy atom. The van der Waals surface area contributed by atoms with Gasteiger partial charge in [-0.1, -0.05) is 65.6 Å². The average molecular weight is 316 g/mol. The van der Waals surface area contributed by atoms with Gasteiger partial charge in [0.25, 0.3) is 0 Å². The number of hydrogen-bond donors (Lipinski definition) is 1. The zero-order valence-corrected chi connectivity index (χ0v) is 13.2. The fraction of sp³-hybridized carbons (Fsp3) is 0.105. The summed E-state index contributed by atoms with van der Waals surface area (Å²) in [7, 11) is 0. The second-order valence-electron chi connectivity index (χ2n) is 5.77. The lowest BCUT2D eigenvalue weighted by Crippen LogP contribution is -2.33. The van der Waals surface area contributed by atoms with Crippen LogP contribution in [0.1, 0.15) is 11.1 Å². The Labute approximate surface area is 140 Å². The van der Waals surface area contributed by atoms with Gasteiger partial charge in [-0.3, -0.25) is 4.57 Å². The number of nitrogen functional groups attached to an aromatic ring is 1. The van der Waals surface area contributed by atoms with Crippen LogP contribution in [0.3, 0.4) is 0 Å². The number of rotatable bonds is 4. The van der Waals surface area contributed by atoms with Gasteiger partial charge in [-0.2, -0.15) is 4.98 Å². The van der Waals surface area contributed by atoms with Crippen molar-refractivity contribution in [1.29, 1.82) is 0 Å². The van der Waals surface area contributed by atoms with Gasteiger partial charge in [0.15, 0.2) is 18.5 Å². The summed E-state index contributed by atoms with van der Waals surface area (Å²) in [5, 5.41) is 0. The van der Waals surface area contributed by atoms with Crippen LogP contribution in [-0.4, -0.2) is 14.5 Å². The van der Waals surface area contributed by atoms with Gasteiger partial charge in [-0.25, -0.2) is 4.57 Å². The second-order valence-corrected chi connectivity index (χ2v) is 5.77. The first-order chi connectivity index (χ1) is 11.8. The van der Waals surface area contributed by atoms with Crippen LogP contribution >= 0.6 is 0 Å². The summed E-state index contributed by atoms with van der Waals surface area (Å²) >= 11 is 0. The maximum Gasteiger partial charge on any atom is 0.307 e. The molecule has 0 spiro atoms. The highest BCUT2D eigenvalue weighted by Gasteiger charge is 2.20. The Hall–Kier alpha value is -3.21.